The Balaban J connectivity index is 1.51. The van der Waals surface area contributed by atoms with Crippen molar-refractivity contribution in [3.05, 3.63) is 53.4 Å². The number of aromatic amines is 1. The molecule has 11 nitrogen and oxygen atoms in total. The second-order valence-electron chi connectivity index (χ2n) is 12.3. The van der Waals surface area contributed by atoms with Gasteiger partial charge in [-0.15, -0.1) is 0 Å². The SMILES string of the molecule is COC(=O)/C=C/c1c[nH]c(C(=O)O[C@@H]2[C@H](C)[C@@H](O)[C@H]3CO[C@@H]2[C@@H]3/C=C\C2C/C(C)=C/[C@@H](C)[C@@H](C(C)O)OC(=O)[C@@H](OC)C2)c1. The highest BCUT2D eigenvalue weighted by atomic mass is 16.6. The lowest BCUT2D eigenvalue weighted by molar-refractivity contribution is -0.169. The Morgan fingerprint density at radius 3 is 2.64 bits per heavy atom. The number of esters is 3. The second-order valence-corrected chi connectivity index (χ2v) is 12.3. The van der Waals surface area contributed by atoms with Crippen molar-refractivity contribution in [2.75, 3.05) is 20.8 Å². The Bertz CT molecular complexity index is 1260. The maximum Gasteiger partial charge on any atom is 0.355 e. The number of H-pyrrole nitrogens is 1. The average molecular weight is 616 g/mol. The molecular formula is C33H45NO10. The largest absolute Gasteiger partial charge is 0.466 e. The van der Waals surface area contributed by atoms with Gasteiger partial charge in [-0.25, -0.2) is 14.4 Å². The normalized spacial score (nSPS) is 36.5. The molecule has 0 spiro atoms. The number of nitrogens with one attached hydrogen (secondary N) is 1. The Labute approximate surface area is 258 Å². The van der Waals surface area contributed by atoms with E-state index in [-0.39, 0.29) is 35.3 Å². The highest BCUT2D eigenvalue weighted by Gasteiger charge is 2.54. The highest BCUT2D eigenvalue weighted by Crippen LogP contribution is 2.44. The van der Waals surface area contributed by atoms with Crippen molar-refractivity contribution < 1.29 is 48.3 Å². The first-order chi connectivity index (χ1) is 20.9. The summed E-state index contributed by atoms with van der Waals surface area (Å²) in [5.41, 5.74) is 1.90. The fourth-order valence-corrected chi connectivity index (χ4v) is 6.64. The van der Waals surface area contributed by atoms with Gasteiger partial charge in [-0.05, 0) is 50.3 Å². The van der Waals surface area contributed by atoms with E-state index in [1.807, 2.05) is 39.0 Å². The minimum atomic E-state index is -0.828. The molecule has 44 heavy (non-hydrogen) atoms. The van der Waals surface area contributed by atoms with Gasteiger partial charge in [0.05, 0.1) is 25.9 Å². The third-order valence-electron chi connectivity index (χ3n) is 9.00. The van der Waals surface area contributed by atoms with Gasteiger partial charge in [0.15, 0.2) is 6.10 Å². The average Bonchev–Trinajstić information content (AvgIpc) is 3.61. The summed E-state index contributed by atoms with van der Waals surface area (Å²) in [6.45, 7) is 7.72. The molecule has 11 heteroatoms. The van der Waals surface area contributed by atoms with Gasteiger partial charge in [-0.2, -0.15) is 0 Å². The fourth-order valence-electron chi connectivity index (χ4n) is 6.64. The summed E-state index contributed by atoms with van der Waals surface area (Å²) in [4.78, 5) is 40.3. The lowest BCUT2D eigenvalue weighted by Gasteiger charge is -2.40. The first-order valence-electron chi connectivity index (χ1n) is 15.2. The predicted molar refractivity (Wildman–Crippen MR) is 160 cm³/mol. The third-order valence-corrected chi connectivity index (χ3v) is 9.00. The molecule has 3 aliphatic rings. The molecule has 2 unspecified atom stereocenters. The van der Waals surface area contributed by atoms with Crippen LogP contribution in [0.5, 0.6) is 0 Å². The predicted octanol–water partition coefficient (Wildman–Crippen LogP) is 3.22. The van der Waals surface area contributed by atoms with Crippen molar-refractivity contribution in [1.29, 1.82) is 0 Å². The Morgan fingerprint density at radius 1 is 1.20 bits per heavy atom. The van der Waals surface area contributed by atoms with Crippen LogP contribution < -0.4 is 0 Å². The summed E-state index contributed by atoms with van der Waals surface area (Å²) >= 11 is 0. The number of hydrogen-bond donors (Lipinski definition) is 3. The van der Waals surface area contributed by atoms with Gasteiger partial charge in [0.25, 0.3) is 0 Å². The van der Waals surface area contributed by atoms with Crippen molar-refractivity contribution in [2.24, 2.45) is 29.6 Å². The summed E-state index contributed by atoms with van der Waals surface area (Å²) in [7, 11) is 2.75. The van der Waals surface area contributed by atoms with Crippen molar-refractivity contribution in [3.63, 3.8) is 0 Å². The number of methoxy groups -OCH3 is 2. The molecule has 11 atom stereocenters. The van der Waals surface area contributed by atoms with E-state index < -0.39 is 54.5 Å². The Hall–Kier alpha value is -3.25. The fraction of sp³-hybridized carbons (Fsp3) is 0.606. The van der Waals surface area contributed by atoms with E-state index in [9.17, 15) is 24.6 Å². The van der Waals surface area contributed by atoms with Crippen LogP contribution in [0.4, 0.5) is 0 Å². The molecule has 2 aliphatic heterocycles. The van der Waals surface area contributed by atoms with Crippen LogP contribution in [0.25, 0.3) is 6.08 Å². The molecule has 2 bridgehead atoms. The second kappa shape index (κ2) is 14.7. The van der Waals surface area contributed by atoms with Crippen molar-refractivity contribution in [1.82, 2.24) is 4.98 Å². The lowest BCUT2D eigenvalue weighted by atomic mass is 9.71. The van der Waals surface area contributed by atoms with Gasteiger partial charge in [0, 0.05) is 43.1 Å². The first-order valence-corrected chi connectivity index (χ1v) is 15.2. The lowest BCUT2D eigenvalue weighted by Crippen LogP contribution is -2.51. The molecule has 1 aliphatic carbocycles. The highest BCUT2D eigenvalue weighted by molar-refractivity contribution is 5.90. The summed E-state index contributed by atoms with van der Waals surface area (Å²) in [5.74, 6) is -2.63. The number of rotatable bonds is 8. The van der Waals surface area contributed by atoms with E-state index in [4.69, 9.17) is 18.9 Å². The van der Waals surface area contributed by atoms with Gasteiger partial charge in [-0.1, -0.05) is 37.6 Å². The van der Waals surface area contributed by atoms with Crippen molar-refractivity contribution in [2.45, 2.75) is 77.2 Å². The van der Waals surface area contributed by atoms with Crippen LogP contribution >= 0.6 is 0 Å². The summed E-state index contributed by atoms with van der Waals surface area (Å²) < 4.78 is 27.8. The number of allylic oxidation sites excluding steroid dienone is 2. The van der Waals surface area contributed by atoms with Gasteiger partial charge < -0.3 is 38.9 Å². The molecule has 4 rings (SSSR count). The minimum Gasteiger partial charge on any atom is -0.466 e. The van der Waals surface area contributed by atoms with Crippen molar-refractivity contribution >= 4 is 24.0 Å². The Kier molecular flexibility index (Phi) is 11.2. The van der Waals surface area contributed by atoms with Crippen LogP contribution in [0, 0.1) is 29.6 Å². The zero-order valence-electron chi connectivity index (χ0n) is 26.2. The van der Waals surface area contributed by atoms with Gasteiger partial charge in [0.2, 0.25) is 0 Å². The maximum absolute atomic E-state index is 13.1. The molecule has 242 valence electrons. The standard InChI is InChI=1S/C33H45NO10/c1-17-11-18(2)29(20(4)35)43-33(39)26(40-5)14-21(12-17)7-9-23-24-16-42-31(23)30(19(3)28(24)37)44-32(38)25-13-22(15-34-25)8-10-27(36)41-6/h7-11,13,15,18-21,23-24,26,28-31,34-35,37H,12,14,16H2,1-6H3/b9-7-,10-8+,17-11+/t18-,19-,20?,21?,23-,24+,26+,28-,29+,30-,31-/m1/s1. The van der Waals surface area contributed by atoms with Crippen molar-refractivity contribution in [3.8, 4) is 0 Å². The van der Waals surface area contributed by atoms with E-state index in [2.05, 4.69) is 9.72 Å². The summed E-state index contributed by atoms with van der Waals surface area (Å²) in [6, 6.07) is 1.57. The summed E-state index contributed by atoms with van der Waals surface area (Å²) in [5, 5.41) is 21.4. The van der Waals surface area contributed by atoms with Crippen LogP contribution in [0.15, 0.2) is 42.1 Å². The number of cyclic esters (lactones) is 1. The molecule has 0 aromatic carbocycles. The maximum atomic E-state index is 13.1. The molecule has 0 radical (unpaired) electrons. The smallest absolute Gasteiger partial charge is 0.355 e. The van der Waals surface area contributed by atoms with E-state index in [1.54, 1.807) is 19.2 Å². The number of ether oxygens (including phenoxy) is 5. The minimum absolute atomic E-state index is 0.0775. The van der Waals surface area contributed by atoms with Crippen LogP contribution in [0.2, 0.25) is 0 Å². The molecule has 3 N–H and O–H groups in total. The van der Waals surface area contributed by atoms with Crippen LogP contribution in [-0.4, -0.2) is 90.6 Å². The van der Waals surface area contributed by atoms with E-state index in [0.717, 1.165) is 5.57 Å². The molecule has 0 amide bonds. The van der Waals surface area contributed by atoms with E-state index >= 15 is 0 Å². The molecule has 2 fully saturated rings. The van der Waals surface area contributed by atoms with E-state index in [1.165, 1.54) is 26.4 Å². The van der Waals surface area contributed by atoms with Gasteiger partial charge >= 0.3 is 17.9 Å². The quantitative estimate of drug-likeness (QED) is 0.172. The number of aliphatic hydroxyl groups is 2. The molecule has 1 saturated heterocycles. The first kappa shape index (κ1) is 33.6. The topological polar surface area (TPSA) is 154 Å². The molecule has 1 aromatic rings. The van der Waals surface area contributed by atoms with Gasteiger partial charge in [-0.3, -0.25) is 0 Å². The molecule has 1 saturated carbocycles. The number of aliphatic hydroxyl groups excluding tert-OH is 2. The van der Waals surface area contributed by atoms with Crippen LogP contribution in [-0.2, 0) is 33.3 Å². The number of carbonyl (C=O) groups excluding carboxylic acids is 3. The number of carbonyl (C=O) groups is 3. The zero-order valence-corrected chi connectivity index (χ0v) is 26.2. The summed E-state index contributed by atoms with van der Waals surface area (Å²) in [6.07, 6.45) is 7.26. The Morgan fingerprint density at radius 2 is 1.95 bits per heavy atom. The number of hydrogen-bond acceptors (Lipinski definition) is 10. The van der Waals surface area contributed by atoms with Crippen LogP contribution in [0.1, 0.15) is 56.6 Å². The number of aromatic nitrogens is 1. The zero-order chi connectivity index (χ0) is 32.1. The van der Waals surface area contributed by atoms with E-state index in [0.29, 0.717) is 25.0 Å². The molecule has 3 heterocycles. The monoisotopic (exact) mass is 615 g/mol. The molecule has 1 aromatic heterocycles. The molecular weight excluding hydrogens is 570 g/mol. The number of fused-ring (bicyclic) bond motifs is 2. The van der Waals surface area contributed by atoms with Gasteiger partial charge in [0.1, 0.15) is 24.0 Å². The van der Waals surface area contributed by atoms with Crippen LogP contribution in [0.3, 0.4) is 0 Å². The third kappa shape index (κ3) is 7.69.